The predicted molar refractivity (Wildman–Crippen MR) is 109 cm³/mol. The molecule has 1 aromatic heterocycles. The molecule has 30 heavy (non-hydrogen) atoms. The number of nitro benzene ring substituents is 1. The molecule has 1 aliphatic rings. The lowest BCUT2D eigenvalue weighted by Crippen LogP contribution is -2.32. The van der Waals surface area contributed by atoms with Crippen molar-refractivity contribution in [3.05, 3.63) is 48.0 Å². The van der Waals surface area contributed by atoms with E-state index >= 15 is 0 Å². The number of nitro groups is 1. The summed E-state index contributed by atoms with van der Waals surface area (Å²) in [7, 11) is -3.92. The number of aromatic amines is 2. The van der Waals surface area contributed by atoms with E-state index in [4.69, 9.17) is 9.66 Å². The van der Waals surface area contributed by atoms with E-state index in [9.17, 15) is 28.1 Å². The maximum Gasteiger partial charge on any atom is 0.314 e. The third-order valence-electron chi connectivity index (χ3n) is 4.76. The number of rotatable bonds is 5. The molecule has 0 amide bonds. The Kier molecular flexibility index (Phi) is 7.83. The normalized spacial score (nSPS) is 14.9. The van der Waals surface area contributed by atoms with E-state index < -0.39 is 38.5 Å². The van der Waals surface area contributed by atoms with Crippen LogP contribution in [0.5, 0.6) is 0 Å². The molecule has 13 heteroatoms. The number of piperidine rings is 1. The predicted octanol–water partition coefficient (Wildman–Crippen LogP) is 0.285. The summed E-state index contributed by atoms with van der Waals surface area (Å²) in [4.78, 5) is 41.2. The van der Waals surface area contributed by atoms with Crippen molar-refractivity contribution in [3.8, 4) is 0 Å². The minimum Gasteiger partial charge on any atom is -0.395 e. The standard InChI is InChI=1S/C15H18N4O4.C2H6O4S/c1-9-10(8-18-5-3-2-4-6-18)13-11(7-12(9)19(22)23)16-14(20)15(21)17-13;3-1-2-7(4,5)6/h7H,2-6,8H2,1H3,(H,16,20)(H,17,21);3H,1-2H2,(H,4,5,6). The van der Waals surface area contributed by atoms with Gasteiger partial charge in [0.2, 0.25) is 0 Å². The molecular weight excluding hydrogens is 420 g/mol. The van der Waals surface area contributed by atoms with Crippen molar-refractivity contribution in [3.63, 3.8) is 0 Å². The molecule has 12 nitrogen and oxygen atoms in total. The van der Waals surface area contributed by atoms with Gasteiger partial charge in [0.15, 0.2) is 0 Å². The second kappa shape index (κ2) is 9.93. The van der Waals surface area contributed by atoms with Crippen molar-refractivity contribution in [1.82, 2.24) is 14.9 Å². The Hall–Kier alpha value is -2.61. The zero-order chi connectivity index (χ0) is 22.5. The fourth-order valence-corrected chi connectivity index (χ4v) is 3.49. The molecule has 3 rings (SSSR count). The Labute approximate surface area is 171 Å². The van der Waals surface area contributed by atoms with Crippen LogP contribution in [-0.2, 0) is 16.7 Å². The van der Waals surface area contributed by atoms with Gasteiger partial charge < -0.3 is 15.1 Å². The van der Waals surface area contributed by atoms with Crippen molar-refractivity contribution >= 4 is 26.8 Å². The van der Waals surface area contributed by atoms with Crippen LogP contribution in [0.25, 0.3) is 11.0 Å². The molecule has 0 aliphatic carbocycles. The van der Waals surface area contributed by atoms with Crippen LogP contribution in [0.4, 0.5) is 5.69 Å². The zero-order valence-corrected chi connectivity index (χ0v) is 17.2. The van der Waals surface area contributed by atoms with Crippen LogP contribution in [0.1, 0.15) is 30.4 Å². The molecule has 1 saturated heterocycles. The van der Waals surface area contributed by atoms with Crippen LogP contribution in [0.3, 0.4) is 0 Å². The molecule has 166 valence electrons. The van der Waals surface area contributed by atoms with Gasteiger partial charge in [0.05, 0.1) is 28.3 Å². The number of nitrogens with zero attached hydrogens (tertiary/aromatic N) is 2. The molecule has 2 heterocycles. The molecular formula is C17H24N4O8S. The summed E-state index contributed by atoms with van der Waals surface area (Å²) in [5, 5.41) is 19.2. The first-order valence-corrected chi connectivity index (χ1v) is 10.9. The number of aromatic nitrogens is 2. The maximum absolute atomic E-state index is 11.7. The SMILES string of the molecule is Cc1c([N+](=O)[O-])cc2[nH]c(=O)c(=O)[nH]c2c1CN1CCCCC1.O=S(=O)(O)CCO. The summed E-state index contributed by atoms with van der Waals surface area (Å²) < 4.78 is 27.1. The molecule has 2 aromatic rings. The number of hydrogen-bond acceptors (Lipinski definition) is 8. The highest BCUT2D eigenvalue weighted by Crippen LogP contribution is 2.29. The smallest absolute Gasteiger partial charge is 0.314 e. The molecule has 1 aromatic carbocycles. The Morgan fingerprint density at radius 1 is 1.17 bits per heavy atom. The summed E-state index contributed by atoms with van der Waals surface area (Å²) >= 11 is 0. The van der Waals surface area contributed by atoms with E-state index in [2.05, 4.69) is 14.9 Å². The van der Waals surface area contributed by atoms with Crippen molar-refractivity contribution in [2.75, 3.05) is 25.4 Å². The van der Waals surface area contributed by atoms with Crippen LogP contribution in [0.2, 0.25) is 0 Å². The van der Waals surface area contributed by atoms with Crippen LogP contribution in [-0.4, -0.2) is 63.3 Å². The quantitative estimate of drug-likeness (QED) is 0.217. The molecule has 0 bridgehead atoms. The third kappa shape index (κ3) is 6.19. The Bertz CT molecular complexity index is 1130. The minimum absolute atomic E-state index is 0.0489. The van der Waals surface area contributed by atoms with E-state index in [1.807, 2.05) is 0 Å². The summed E-state index contributed by atoms with van der Waals surface area (Å²) in [5.74, 6) is -0.576. The minimum atomic E-state index is -3.92. The van der Waals surface area contributed by atoms with Gasteiger partial charge in [0.25, 0.3) is 15.8 Å². The van der Waals surface area contributed by atoms with Crippen LogP contribution in [0.15, 0.2) is 15.7 Å². The number of H-pyrrole nitrogens is 2. The van der Waals surface area contributed by atoms with Gasteiger partial charge in [-0.25, -0.2) is 0 Å². The average molecular weight is 444 g/mol. The number of fused-ring (bicyclic) bond motifs is 1. The summed E-state index contributed by atoms with van der Waals surface area (Å²) in [5.41, 5.74) is 0.389. The van der Waals surface area contributed by atoms with Gasteiger partial charge in [-0.1, -0.05) is 6.42 Å². The van der Waals surface area contributed by atoms with E-state index in [0.29, 0.717) is 28.7 Å². The topological polar surface area (TPSA) is 187 Å². The monoisotopic (exact) mass is 444 g/mol. The number of nitrogens with one attached hydrogen (secondary N) is 2. The number of benzene rings is 1. The van der Waals surface area contributed by atoms with E-state index in [0.717, 1.165) is 25.9 Å². The third-order valence-corrected chi connectivity index (χ3v) is 5.46. The first-order chi connectivity index (χ1) is 14.0. The van der Waals surface area contributed by atoms with Crippen LogP contribution >= 0.6 is 0 Å². The van der Waals surface area contributed by atoms with Gasteiger partial charge >= 0.3 is 11.1 Å². The van der Waals surface area contributed by atoms with Crippen LogP contribution < -0.4 is 11.1 Å². The fraction of sp³-hybridized carbons (Fsp3) is 0.529. The fourth-order valence-electron chi connectivity index (χ4n) is 3.26. The molecule has 0 unspecified atom stereocenters. The lowest BCUT2D eigenvalue weighted by Gasteiger charge is -2.27. The Morgan fingerprint density at radius 2 is 1.77 bits per heavy atom. The zero-order valence-electron chi connectivity index (χ0n) is 16.4. The molecule has 0 atom stereocenters. The molecule has 1 fully saturated rings. The van der Waals surface area contributed by atoms with Gasteiger partial charge in [0, 0.05) is 23.7 Å². The number of hydrogen-bond donors (Lipinski definition) is 4. The first-order valence-electron chi connectivity index (χ1n) is 9.25. The van der Waals surface area contributed by atoms with Gasteiger partial charge in [-0.15, -0.1) is 0 Å². The van der Waals surface area contributed by atoms with E-state index in [1.54, 1.807) is 6.92 Å². The summed E-state index contributed by atoms with van der Waals surface area (Å²) in [6, 6.07) is 1.31. The first kappa shape index (κ1) is 23.7. The average Bonchev–Trinajstić information content (AvgIpc) is 2.65. The number of likely N-dealkylation sites (tertiary alicyclic amines) is 1. The second-order valence-corrected chi connectivity index (χ2v) is 8.51. The van der Waals surface area contributed by atoms with Gasteiger partial charge in [-0.2, -0.15) is 8.42 Å². The lowest BCUT2D eigenvalue weighted by atomic mass is 10.0. The largest absolute Gasteiger partial charge is 0.395 e. The Morgan fingerprint density at radius 3 is 2.27 bits per heavy atom. The number of aliphatic hydroxyl groups is 1. The molecule has 4 N–H and O–H groups in total. The van der Waals surface area contributed by atoms with Gasteiger partial charge in [-0.05, 0) is 32.9 Å². The summed E-state index contributed by atoms with van der Waals surface area (Å²) in [6.07, 6.45) is 3.38. The van der Waals surface area contributed by atoms with E-state index in [-0.39, 0.29) is 5.69 Å². The second-order valence-electron chi connectivity index (χ2n) is 6.93. The van der Waals surface area contributed by atoms with Crippen molar-refractivity contribution in [2.24, 2.45) is 0 Å². The number of aliphatic hydroxyl groups excluding tert-OH is 1. The molecule has 0 spiro atoms. The van der Waals surface area contributed by atoms with E-state index in [1.165, 1.54) is 12.5 Å². The highest BCUT2D eigenvalue weighted by Gasteiger charge is 2.21. The van der Waals surface area contributed by atoms with Crippen molar-refractivity contribution in [2.45, 2.75) is 32.7 Å². The molecule has 0 saturated carbocycles. The van der Waals surface area contributed by atoms with Crippen molar-refractivity contribution in [1.29, 1.82) is 0 Å². The summed E-state index contributed by atoms with van der Waals surface area (Å²) in [6.45, 7) is 3.53. The van der Waals surface area contributed by atoms with Gasteiger partial charge in [-0.3, -0.25) is 29.2 Å². The molecule has 0 radical (unpaired) electrons. The van der Waals surface area contributed by atoms with Crippen LogP contribution in [0, 0.1) is 17.0 Å². The van der Waals surface area contributed by atoms with Crippen molar-refractivity contribution < 1.29 is 23.0 Å². The Balaban J connectivity index is 0.000000396. The van der Waals surface area contributed by atoms with Gasteiger partial charge in [0.1, 0.15) is 0 Å². The highest BCUT2D eigenvalue weighted by molar-refractivity contribution is 7.85. The molecule has 1 aliphatic heterocycles. The lowest BCUT2D eigenvalue weighted by molar-refractivity contribution is -0.385. The highest BCUT2D eigenvalue weighted by atomic mass is 32.2. The maximum atomic E-state index is 11.7.